The Labute approximate surface area is 81.7 Å². The molecule has 1 aromatic carbocycles. The number of carbonyl (C=O) groups is 1. The maximum atomic E-state index is 13.5. The highest BCUT2D eigenvalue weighted by Crippen LogP contribution is 2.25. The van der Waals surface area contributed by atoms with E-state index >= 15 is 0 Å². The summed E-state index contributed by atoms with van der Waals surface area (Å²) in [6.45, 7) is 3.35. The first kappa shape index (κ1) is 10.5. The van der Waals surface area contributed by atoms with Gasteiger partial charge in [-0.1, -0.05) is 0 Å². The summed E-state index contributed by atoms with van der Waals surface area (Å²) in [6.07, 6.45) is 0. The Bertz CT molecular complexity index is 363. The quantitative estimate of drug-likeness (QED) is 0.595. The molecule has 0 fully saturated rings. The number of nitrogens with two attached hydrogens (primary N) is 1. The minimum atomic E-state index is -0.681. The van der Waals surface area contributed by atoms with E-state index < -0.39 is 11.6 Å². The molecule has 0 atom stereocenters. The Morgan fingerprint density at radius 3 is 2.71 bits per heavy atom. The standard InChI is InChI=1S/C10H12FNO2/c1-3-14-8-5-4-7(12)9(6(2)13)10(8)11/h4-5H,3,12H2,1-2H3. The minimum absolute atomic E-state index is 0.0619. The Morgan fingerprint density at radius 2 is 2.21 bits per heavy atom. The maximum Gasteiger partial charge on any atom is 0.177 e. The van der Waals surface area contributed by atoms with Gasteiger partial charge in [-0.3, -0.25) is 4.79 Å². The van der Waals surface area contributed by atoms with Crippen LogP contribution in [-0.2, 0) is 0 Å². The maximum absolute atomic E-state index is 13.5. The van der Waals surface area contributed by atoms with Gasteiger partial charge in [0.25, 0.3) is 0 Å². The molecule has 0 aliphatic rings. The fraction of sp³-hybridized carbons (Fsp3) is 0.300. The summed E-state index contributed by atoms with van der Waals surface area (Å²) in [5, 5.41) is 0. The van der Waals surface area contributed by atoms with Crippen molar-refractivity contribution in [2.45, 2.75) is 13.8 Å². The van der Waals surface area contributed by atoms with Gasteiger partial charge in [0, 0.05) is 5.69 Å². The number of ether oxygens (including phenoxy) is 1. The molecule has 0 aromatic heterocycles. The minimum Gasteiger partial charge on any atom is -0.491 e. The summed E-state index contributed by atoms with van der Waals surface area (Å²) in [5.74, 6) is -1.02. The molecule has 14 heavy (non-hydrogen) atoms. The molecule has 0 heterocycles. The number of nitrogen functional groups attached to an aromatic ring is 1. The second-order valence-electron chi connectivity index (χ2n) is 2.83. The number of hydrogen-bond acceptors (Lipinski definition) is 3. The van der Waals surface area contributed by atoms with Crippen LogP contribution in [0, 0.1) is 5.82 Å². The van der Waals surface area contributed by atoms with E-state index in [1.807, 2.05) is 0 Å². The van der Waals surface area contributed by atoms with Gasteiger partial charge >= 0.3 is 0 Å². The molecular formula is C10H12FNO2. The van der Waals surface area contributed by atoms with Crippen molar-refractivity contribution in [3.8, 4) is 5.75 Å². The van der Waals surface area contributed by atoms with E-state index in [-0.39, 0.29) is 17.0 Å². The lowest BCUT2D eigenvalue weighted by molar-refractivity contribution is 0.101. The van der Waals surface area contributed by atoms with Crippen molar-refractivity contribution in [2.75, 3.05) is 12.3 Å². The van der Waals surface area contributed by atoms with Gasteiger partial charge in [-0.2, -0.15) is 0 Å². The molecule has 2 N–H and O–H groups in total. The molecule has 0 radical (unpaired) electrons. The van der Waals surface area contributed by atoms with Crippen LogP contribution in [0.1, 0.15) is 24.2 Å². The summed E-state index contributed by atoms with van der Waals surface area (Å²) in [6, 6.07) is 2.88. The zero-order valence-corrected chi connectivity index (χ0v) is 8.13. The van der Waals surface area contributed by atoms with Gasteiger partial charge in [0.1, 0.15) is 0 Å². The summed E-state index contributed by atoms with van der Waals surface area (Å²) in [5.41, 5.74) is 5.51. The molecule has 76 valence electrons. The smallest absolute Gasteiger partial charge is 0.177 e. The lowest BCUT2D eigenvalue weighted by Crippen LogP contribution is -2.06. The van der Waals surface area contributed by atoms with E-state index in [1.54, 1.807) is 6.92 Å². The Morgan fingerprint density at radius 1 is 1.57 bits per heavy atom. The lowest BCUT2D eigenvalue weighted by atomic mass is 10.1. The molecule has 1 rings (SSSR count). The molecular weight excluding hydrogens is 185 g/mol. The molecule has 0 saturated carbocycles. The van der Waals surface area contributed by atoms with Crippen LogP contribution in [0.15, 0.2) is 12.1 Å². The fourth-order valence-electron chi connectivity index (χ4n) is 1.20. The third-order valence-corrected chi connectivity index (χ3v) is 1.79. The predicted octanol–water partition coefficient (Wildman–Crippen LogP) is 2.01. The van der Waals surface area contributed by atoms with Crippen molar-refractivity contribution in [2.24, 2.45) is 0 Å². The first-order valence-corrected chi connectivity index (χ1v) is 4.29. The van der Waals surface area contributed by atoms with Crippen molar-refractivity contribution in [3.05, 3.63) is 23.5 Å². The van der Waals surface area contributed by atoms with E-state index in [1.165, 1.54) is 19.1 Å². The van der Waals surface area contributed by atoms with E-state index in [0.717, 1.165) is 0 Å². The molecule has 4 heteroatoms. The van der Waals surface area contributed by atoms with Crippen molar-refractivity contribution >= 4 is 11.5 Å². The largest absolute Gasteiger partial charge is 0.491 e. The summed E-state index contributed by atoms with van der Waals surface area (Å²) in [7, 11) is 0. The molecule has 0 bridgehead atoms. The summed E-state index contributed by atoms with van der Waals surface area (Å²) in [4.78, 5) is 11.1. The Kier molecular flexibility index (Phi) is 3.06. The van der Waals surface area contributed by atoms with Crippen molar-refractivity contribution in [3.63, 3.8) is 0 Å². The van der Waals surface area contributed by atoms with E-state index in [0.29, 0.717) is 6.61 Å². The van der Waals surface area contributed by atoms with Crippen molar-refractivity contribution < 1.29 is 13.9 Å². The van der Waals surface area contributed by atoms with Crippen LogP contribution in [0.5, 0.6) is 5.75 Å². The monoisotopic (exact) mass is 197 g/mol. The average Bonchev–Trinajstić information content (AvgIpc) is 2.10. The lowest BCUT2D eigenvalue weighted by Gasteiger charge is -2.08. The third kappa shape index (κ3) is 1.84. The third-order valence-electron chi connectivity index (χ3n) is 1.79. The SMILES string of the molecule is CCOc1ccc(N)c(C(C)=O)c1F. The molecule has 3 nitrogen and oxygen atoms in total. The van der Waals surface area contributed by atoms with Crippen LogP contribution in [-0.4, -0.2) is 12.4 Å². The predicted molar refractivity (Wildman–Crippen MR) is 52.0 cm³/mol. The molecule has 0 spiro atoms. The Hall–Kier alpha value is -1.58. The normalized spacial score (nSPS) is 9.93. The zero-order valence-electron chi connectivity index (χ0n) is 8.13. The summed E-state index contributed by atoms with van der Waals surface area (Å²) >= 11 is 0. The first-order valence-electron chi connectivity index (χ1n) is 4.29. The van der Waals surface area contributed by atoms with Gasteiger partial charge in [-0.25, -0.2) is 4.39 Å². The zero-order chi connectivity index (χ0) is 10.7. The second-order valence-corrected chi connectivity index (χ2v) is 2.83. The number of hydrogen-bond donors (Lipinski definition) is 1. The number of rotatable bonds is 3. The number of halogens is 1. The number of ketones is 1. The van der Waals surface area contributed by atoms with E-state index in [9.17, 15) is 9.18 Å². The van der Waals surface area contributed by atoms with Crippen LogP contribution in [0.3, 0.4) is 0 Å². The van der Waals surface area contributed by atoms with Gasteiger partial charge in [0.2, 0.25) is 0 Å². The molecule has 0 saturated heterocycles. The van der Waals surface area contributed by atoms with E-state index in [2.05, 4.69) is 0 Å². The molecule has 1 aromatic rings. The topological polar surface area (TPSA) is 52.3 Å². The van der Waals surface area contributed by atoms with Crippen LogP contribution in [0.25, 0.3) is 0 Å². The van der Waals surface area contributed by atoms with Gasteiger partial charge in [0.05, 0.1) is 12.2 Å². The number of Topliss-reactive ketones (excluding diaryl/α,β-unsaturated/α-hetero) is 1. The van der Waals surface area contributed by atoms with Gasteiger partial charge in [0.15, 0.2) is 17.3 Å². The number of anilines is 1. The molecule has 0 unspecified atom stereocenters. The van der Waals surface area contributed by atoms with Gasteiger partial charge < -0.3 is 10.5 Å². The average molecular weight is 197 g/mol. The highest BCUT2D eigenvalue weighted by molar-refractivity contribution is 5.99. The molecule has 0 aliphatic heterocycles. The van der Waals surface area contributed by atoms with Gasteiger partial charge in [-0.15, -0.1) is 0 Å². The summed E-state index contributed by atoms with van der Waals surface area (Å²) < 4.78 is 18.5. The van der Waals surface area contributed by atoms with Crippen LogP contribution in [0.4, 0.5) is 10.1 Å². The van der Waals surface area contributed by atoms with E-state index in [4.69, 9.17) is 10.5 Å². The van der Waals surface area contributed by atoms with Crippen LogP contribution in [0.2, 0.25) is 0 Å². The highest BCUT2D eigenvalue weighted by atomic mass is 19.1. The van der Waals surface area contributed by atoms with Crippen molar-refractivity contribution in [1.29, 1.82) is 0 Å². The first-order chi connectivity index (χ1) is 6.57. The Balaban J connectivity index is 3.26. The highest BCUT2D eigenvalue weighted by Gasteiger charge is 2.15. The fourth-order valence-corrected chi connectivity index (χ4v) is 1.20. The van der Waals surface area contributed by atoms with Crippen LogP contribution >= 0.6 is 0 Å². The molecule has 0 aliphatic carbocycles. The van der Waals surface area contributed by atoms with Gasteiger partial charge in [-0.05, 0) is 26.0 Å². The van der Waals surface area contributed by atoms with Crippen molar-refractivity contribution in [1.82, 2.24) is 0 Å². The molecule has 0 amide bonds. The second kappa shape index (κ2) is 4.09. The number of benzene rings is 1. The number of carbonyl (C=O) groups excluding carboxylic acids is 1. The van der Waals surface area contributed by atoms with Crippen LogP contribution < -0.4 is 10.5 Å².